The Morgan fingerprint density at radius 2 is 1.73 bits per heavy atom. The lowest BCUT2D eigenvalue weighted by Crippen LogP contribution is -2.41. The van der Waals surface area contributed by atoms with Gasteiger partial charge in [0, 0.05) is 49.1 Å². The molecule has 1 aromatic carbocycles. The molecule has 1 aromatic rings. The van der Waals surface area contributed by atoms with Crippen molar-refractivity contribution in [1.82, 2.24) is 15.5 Å². The van der Waals surface area contributed by atoms with Crippen LogP contribution in [0.15, 0.2) is 52.3 Å². The Balaban J connectivity index is 1.66. The topological polar surface area (TPSA) is 167 Å². The Hall–Kier alpha value is -4.55. The van der Waals surface area contributed by atoms with E-state index in [9.17, 15) is 29.4 Å². The number of ether oxygens (including phenoxy) is 2. The largest absolute Gasteiger partial charge is 0.507 e. The molecule has 0 fully saturated rings. The predicted octanol–water partition coefficient (Wildman–Crippen LogP) is 5.74. The number of ketones is 2. The van der Waals surface area contributed by atoms with Crippen LogP contribution < -0.4 is 15.4 Å². The summed E-state index contributed by atoms with van der Waals surface area (Å²) >= 11 is 0. The van der Waals surface area contributed by atoms with Crippen LogP contribution in [0.25, 0.3) is 0 Å². The first-order valence-electron chi connectivity index (χ1n) is 20.0. The number of phenols is 1. The van der Waals surface area contributed by atoms with Crippen LogP contribution in [-0.2, 0) is 14.3 Å². The van der Waals surface area contributed by atoms with E-state index < -0.39 is 35.5 Å². The van der Waals surface area contributed by atoms with Crippen LogP contribution in [0.4, 0.5) is 0 Å². The minimum Gasteiger partial charge on any atom is -0.507 e. The molecule has 0 radical (unpaired) electrons. The number of rotatable bonds is 1. The highest BCUT2D eigenvalue weighted by molar-refractivity contribution is 6.34. The van der Waals surface area contributed by atoms with Gasteiger partial charge in [0.2, 0.25) is 11.6 Å². The number of aliphatic hydroxyl groups is 1. The van der Waals surface area contributed by atoms with Crippen molar-refractivity contribution in [2.24, 2.45) is 28.7 Å². The number of carbonyl (C=O) groups is 4. The molecule has 7 atom stereocenters. The molecule has 4 N–H and O–H groups in total. The van der Waals surface area contributed by atoms with Gasteiger partial charge in [0.1, 0.15) is 23.3 Å². The van der Waals surface area contributed by atoms with Crippen LogP contribution in [0.2, 0.25) is 0 Å². The van der Waals surface area contributed by atoms with E-state index in [-0.39, 0.29) is 75.3 Å². The van der Waals surface area contributed by atoms with Crippen molar-refractivity contribution >= 4 is 29.2 Å². The molecular formula is C44H60N4O8. The summed E-state index contributed by atoms with van der Waals surface area (Å²) < 4.78 is 12.3. The fraction of sp³-hybridized carbons (Fsp3) is 0.568. The Labute approximate surface area is 331 Å². The van der Waals surface area contributed by atoms with E-state index in [0.717, 1.165) is 19.5 Å². The summed E-state index contributed by atoms with van der Waals surface area (Å²) in [6.07, 6.45) is 10.7. The molecule has 0 aromatic heterocycles. The molecule has 0 unspecified atom stereocenters. The molecule has 12 nitrogen and oxygen atoms in total. The predicted molar refractivity (Wildman–Crippen MR) is 216 cm³/mol. The third kappa shape index (κ3) is 8.86. The van der Waals surface area contributed by atoms with Gasteiger partial charge in [-0.1, -0.05) is 58.1 Å². The second-order valence-electron chi connectivity index (χ2n) is 16.5. The Kier molecular flexibility index (Phi) is 13.5. The lowest BCUT2D eigenvalue weighted by Gasteiger charge is -2.34. The van der Waals surface area contributed by atoms with Crippen molar-refractivity contribution in [2.75, 3.05) is 33.2 Å². The molecule has 0 saturated heterocycles. The fourth-order valence-electron chi connectivity index (χ4n) is 8.33. The van der Waals surface area contributed by atoms with Gasteiger partial charge in [0.15, 0.2) is 5.60 Å². The number of Topliss-reactive ketones (excluding diaryl/α,β-unsaturated/α-hetero) is 2. The number of aromatic hydroxyl groups is 1. The number of nitrogens with one attached hydrogen (secondary N) is 2. The number of hydrogen-bond donors (Lipinski definition) is 4. The van der Waals surface area contributed by atoms with Crippen LogP contribution in [0.3, 0.4) is 0 Å². The fourth-order valence-corrected chi connectivity index (χ4v) is 8.33. The van der Waals surface area contributed by atoms with Crippen LogP contribution in [0.5, 0.6) is 11.5 Å². The first-order valence-corrected chi connectivity index (χ1v) is 20.0. The third-order valence-corrected chi connectivity index (χ3v) is 11.7. The number of benzene rings is 1. The average Bonchev–Trinajstić information content (AvgIpc) is 3.39. The van der Waals surface area contributed by atoms with Gasteiger partial charge < -0.3 is 35.2 Å². The second kappa shape index (κ2) is 17.7. The smallest absolute Gasteiger partial charge is 0.302 e. The molecule has 6 rings (SSSR count). The summed E-state index contributed by atoms with van der Waals surface area (Å²) in [5.74, 6) is -2.63. The van der Waals surface area contributed by atoms with Crippen LogP contribution in [0, 0.1) is 30.6 Å². The van der Waals surface area contributed by atoms with Crippen LogP contribution in [0.1, 0.15) is 112 Å². The molecule has 5 bridgehead atoms. The number of phenolic OH excluding ortho intramolecular Hbond substituents is 1. The number of aliphatic imine (C=N–C) groups is 1. The van der Waals surface area contributed by atoms with Gasteiger partial charge in [-0.2, -0.15) is 0 Å². The Bertz CT molecular complexity index is 1890. The number of nitrogens with zero attached hydrogens (tertiary/aromatic N) is 2. The zero-order chi connectivity index (χ0) is 41.1. The van der Waals surface area contributed by atoms with Gasteiger partial charge >= 0.3 is 5.97 Å². The van der Waals surface area contributed by atoms with E-state index in [4.69, 9.17) is 14.5 Å². The number of carbonyl (C=O) groups excluding carboxylic acids is 4. The summed E-state index contributed by atoms with van der Waals surface area (Å²) in [6.45, 7) is 16.7. The van der Waals surface area contributed by atoms with Crippen molar-refractivity contribution in [3.63, 3.8) is 0 Å². The van der Waals surface area contributed by atoms with Crippen molar-refractivity contribution in [3.8, 4) is 11.5 Å². The molecule has 12 heteroatoms. The summed E-state index contributed by atoms with van der Waals surface area (Å²) in [6, 6.07) is 0. The minimum atomic E-state index is -1.37. The molecule has 5 aliphatic rings. The first kappa shape index (κ1) is 42.6. The van der Waals surface area contributed by atoms with Crippen molar-refractivity contribution in [1.29, 1.82) is 0 Å². The number of allylic oxidation sites excluding steroid dienone is 6. The van der Waals surface area contributed by atoms with E-state index in [1.807, 2.05) is 53.0 Å². The third-order valence-electron chi connectivity index (χ3n) is 11.7. The minimum absolute atomic E-state index is 0.0433. The van der Waals surface area contributed by atoms with E-state index >= 15 is 0 Å². The van der Waals surface area contributed by atoms with Gasteiger partial charge in [-0.25, -0.2) is 0 Å². The SMILES string of the molecule is CC(=O)O[C@H]1[C@H](C)[C@H](O)[C@H](C)C[C@@H](C)/C=C/C=C(/C)C(=O)NC2=C3NCCCN(C)CCC/N=C\3c3c(c(O)c(C)c4c3C(=O)[C@@](C)(C/C=C/C[C@H]1C)O4)C2=O. The number of fused-ring (bicyclic) bond motifs is 13. The molecule has 0 saturated carbocycles. The molecule has 0 spiro atoms. The number of esters is 1. The lowest BCUT2D eigenvalue weighted by molar-refractivity contribution is -0.156. The molecular weight excluding hydrogens is 713 g/mol. The number of hydrogen-bond acceptors (Lipinski definition) is 11. The first-order chi connectivity index (χ1) is 26.5. The maximum atomic E-state index is 14.7. The van der Waals surface area contributed by atoms with E-state index in [0.29, 0.717) is 49.3 Å². The summed E-state index contributed by atoms with van der Waals surface area (Å²) in [5.41, 5.74) is 0.0943. The lowest BCUT2D eigenvalue weighted by atomic mass is 9.80. The van der Waals surface area contributed by atoms with Crippen molar-refractivity contribution in [3.05, 3.63) is 69.6 Å². The maximum absolute atomic E-state index is 14.7. The van der Waals surface area contributed by atoms with Gasteiger partial charge in [-0.15, -0.1) is 0 Å². The normalized spacial score (nSPS) is 33.0. The van der Waals surface area contributed by atoms with E-state index in [1.165, 1.54) is 6.92 Å². The summed E-state index contributed by atoms with van der Waals surface area (Å²) in [4.78, 5) is 62.5. The van der Waals surface area contributed by atoms with Crippen molar-refractivity contribution < 1.29 is 38.9 Å². The Morgan fingerprint density at radius 1 is 1.02 bits per heavy atom. The van der Waals surface area contributed by atoms with Crippen LogP contribution in [-0.4, -0.2) is 95.3 Å². The highest BCUT2D eigenvalue weighted by Gasteiger charge is 2.50. The second-order valence-corrected chi connectivity index (χ2v) is 16.5. The van der Waals surface area contributed by atoms with Gasteiger partial charge in [0.05, 0.1) is 28.6 Å². The number of aliphatic hydroxyl groups excluding tert-OH is 1. The zero-order valence-corrected chi connectivity index (χ0v) is 34.5. The summed E-state index contributed by atoms with van der Waals surface area (Å²) in [7, 11) is 2.04. The molecule has 4 heterocycles. The molecule has 1 aliphatic carbocycles. The quantitative estimate of drug-likeness (QED) is 0.204. The Morgan fingerprint density at radius 3 is 2.45 bits per heavy atom. The van der Waals surface area contributed by atoms with Gasteiger partial charge in [-0.05, 0) is 84.3 Å². The standard InChI is InChI=1S/C44H60N4O8/c1-24-15-12-17-26(3)43(54)47-36-35-34(45-19-13-21-48(9)22-14-20-46-35)31-32(39(36)52)38(51)29(6)41-33(31)42(53)44(8,56-41)18-11-10-16-25(2)40(55-30(7)49)28(5)37(50)27(4)23-24/h10-12,15,17,24-25,27-28,37,40,46,50-51H,13-14,16,18-23H2,1-9H3,(H,47,54)/b11-10+,15-12+,26-17-,45-34-/t24-,25+,27+,28+,37+,40+,44+/m0/s1. The van der Waals surface area contributed by atoms with E-state index in [2.05, 4.69) is 15.5 Å². The average molecular weight is 773 g/mol. The van der Waals surface area contributed by atoms with Gasteiger partial charge in [-0.3, -0.25) is 24.2 Å². The molecule has 4 aliphatic heterocycles. The zero-order valence-electron chi connectivity index (χ0n) is 34.5. The van der Waals surface area contributed by atoms with Gasteiger partial charge in [0.25, 0.3) is 5.91 Å². The number of amides is 1. The maximum Gasteiger partial charge on any atom is 0.302 e. The van der Waals surface area contributed by atoms with Crippen molar-refractivity contribution in [2.45, 2.75) is 105 Å². The molecule has 56 heavy (non-hydrogen) atoms. The monoisotopic (exact) mass is 772 g/mol. The van der Waals surface area contributed by atoms with E-state index in [1.54, 1.807) is 32.9 Å². The highest BCUT2D eigenvalue weighted by atomic mass is 16.5. The summed E-state index contributed by atoms with van der Waals surface area (Å²) in [5, 5.41) is 29.4. The molecule has 304 valence electrons. The highest BCUT2D eigenvalue weighted by Crippen LogP contribution is 2.49. The van der Waals surface area contributed by atoms with Crippen LogP contribution >= 0.6 is 0 Å². The molecule has 1 amide bonds.